The van der Waals surface area contributed by atoms with Crippen molar-refractivity contribution in [2.24, 2.45) is 0 Å². The third-order valence-electron chi connectivity index (χ3n) is 2.38. The van der Waals surface area contributed by atoms with Gasteiger partial charge in [-0.1, -0.05) is 6.08 Å². The van der Waals surface area contributed by atoms with Gasteiger partial charge in [0, 0.05) is 6.61 Å². The average Bonchev–Trinajstić information content (AvgIpc) is 2.31. The van der Waals surface area contributed by atoms with Crippen molar-refractivity contribution in [2.45, 2.75) is 32.5 Å². The Balaban J connectivity index is 2.05. The standard InChI is InChI=1S/C12H22O3S/c1-11(9-13-10-16-2)6-8-15-12-5-3-4-7-14-12/h6,12H,3-5,7-10H2,1-2H3. The Kier molecular flexibility index (Phi) is 7.93. The third kappa shape index (κ3) is 6.53. The summed E-state index contributed by atoms with van der Waals surface area (Å²) in [7, 11) is 0. The van der Waals surface area contributed by atoms with Gasteiger partial charge in [-0.05, 0) is 38.0 Å². The minimum absolute atomic E-state index is 0.00455. The van der Waals surface area contributed by atoms with Gasteiger partial charge >= 0.3 is 0 Å². The van der Waals surface area contributed by atoms with Gasteiger partial charge in [-0.15, -0.1) is 11.8 Å². The van der Waals surface area contributed by atoms with Crippen LogP contribution in [0.1, 0.15) is 26.2 Å². The Bertz CT molecular complexity index is 200. The molecule has 0 amide bonds. The first-order valence-corrected chi connectivity index (χ1v) is 7.18. The molecular weight excluding hydrogens is 224 g/mol. The van der Waals surface area contributed by atoms with Crippen molar-refractivity contribution in [3.63, 3.8) is 0 Å². The lowest BCUT2D eigenvalue weighted by atomic mass is 10.2. The molecule has 1 unspecified atom stereocenters. The van der Waals surface area contributed by atoms with Gasteiger partial charge in [0.1, 0.15) is 0 Å². The molecule has 0 N–H and O–H groups in total. The molecule has 16 heavy (non-hydrogen) atoms. The fourth-order valence-corrected chi connectivity index (χ4v) is 1.74. The monoisotopic (exact) mass is 246 g/mol. The summed E-state index contributed by atoms with van der Waals surface area (Å²) < 4.78 is 16.5. The predicted molar refractivity (Wildman–Crippen MR) is 67.6 cm³/mol. The van der Waals surface area contributed by atoms with Crippen LogP contribution in [0.4, 0.5) is 0 Å². The van der Waals surface area contributed by atoms with Crippen molar-refractivity contribution in [1.82, 2.24) is 0 Å². The van der Waals surface area contributed by atoms with Gasteiger partial charge in [0.25, 0.3) is 0 Å². The molecule has 1 saturated heterocycles. The number of hydrogen-bond acceptors (Lipinski definition) is 4. The second kappa shape index (κ2) is 9.05. The maximum absolute atomic E-state index is 5.60. The van der Waals surface area contributed by atoms with Crippen LogP contribution in [0, 0.1) is 0 Å². The fourth-order valence-electron chi connectivity index (χ4n) is 1.49. The lowest BCUT2D eigenvalue weighted by Crippen LogP contribution is -2.22. The van der Waals surface area contributed by atoms with E-state index >= 15 is 0 Å². The molecule has 0 radical (unpaired) electrons. The number of ether oxygens (including phenoxy) is 3. The molecule has 1 fully saturated rings. The van der Waals surface area contributed by atoms with E-state index in [0.29, 0.717) is 13.2 Å². The first-order chi connectivity index (χ1) is 7.83. The summed E-state index contributed by atoms with van der Waals surface area (Å²) in [5.74, 6) is 0.748. The summed E-state index contributed by atoms with van der Waals surface area (Å²) in [6, 6.07) is 0. The summed E-state index contributed by atoms with van der Waals surface area (Å²) in [5, 5.41) is 0. The molecule has 0 aromatic heterocycles. The Morgan fingerprint density at radius 1 is 1.50 bits per heavy atom. The van der Waals surface area contributed by atoms with E-state index in [2.05, 4.69) is 13.0 Å². The molecule has 3 nitrogen and oxygen atoms in total. The second-order valence-corrected chi connectivity index (χ2v) is 4.75. The Hall–Kier alpha value is -0.0300. The van der Waals surface area contributed by atoms with Crippen molar-refractivity contribution in [3.05, 3.63) is 11.6 Å². The van der Waals surface area contributed by atoms with Crippen LogP contribution in [0.5, 0.6) is 0 Å². The topological polar surface area (TPSA) is 27.7 Å². The van der Waals surface area contributed by atoms with Crippen molar-refractivity contribution >= 4 is 11.8 Å². The molecule has 0 aromatic rings. The Labute approximate surface area is 103 Å². The number of rotatable bonds is 7. The maximum atomic E-state index is 5.60. The zero-order valence-corrected chi connectivity index (χ0v) is 11.1. The van der Waals surface area contributed by atoms with Gasteiger partial charge in [0.2, 0.25) is 0 Å². The highest BCUT2D eigenvalue weighted by atomic mass is 32.2. The molecule has 1 aliphatic heterocycles. The van der Waals surface area contributed by atoms with E-state index in [1.165, 1.54) is 12.0 Å². The van der Waals surface area contributed by atoms with Gasteiger partial charge < -0.3 is 14.2 Å². The highest BCUT2D eigenvalue weighted by Gasteiger charge is 2.12. The fraction of sp³-hybridized carbons (Fsp3) is 0.833. The van der Waals surface area contributed by atoms with Gasteiger partial charge in [0.15, 0.2) is 6.29 Å². The van der Waals surface area contributed by atoms with Crippen molar-refractivity contribution in [1.29, 1.82) is 0 Å². The van der Waals surface area contributed by atoms with Crippen molar-refractivity contribution in [2.75, 3.05) is 32.0 Å². The lowest BCUT2D eigenvalue weighted by molar-refractivity contribution is -0.155. The van der Waals surface area contributed by atoms with E-state index in [0.717, 1.165) is 25.4 Å². The molecule has 0 aromatic carbocycles. The molecule has 94 valence electrons. The average molecular weight is 246 g/mol. The SMILES string of the molecule is CSCOCC(C)=CCOC1CCCCO1. The van der Waals surface area contributed by atoms with Gasteiger partial charge in [-0.2, -0.15) is 0 Å². The first-order valence-electron chi connectivity index (χ1n) is 5.78. The number of hydrogen-bond donors (Lipinski definition) is 0. The summed E-state index contributed by atoms with van der Waals surface area (Å²) in [6.45, 7) is 4.21. The molecule has 4 heteroatoms. The molecule has 1 rings (SSSR count). The van der Waals surface area contributed by atoms with E-state index in [-0.39, 0.29) is 6.29 Å². The largest absolute Gasteiger partial charge is 0.367 e. The summed E-state index contributed by atoms with van der Waals surface area (Å²) in [4.78, 5) is 0. The van der Waals surface area contributed by atoms with Gasteiger partial charge in [-0.25, -0.2) is 0 Å². The van der Waals surface area contributed by atoms with Crippen LogP contribution in [0.15, 0.2) is 11.6 Å². The molecule has 0 spiro atoms. The molecule has 0 saturated carbocycles. The molecule has 1 aliphatic rings. The summed E-state index contributed by atoms with van der Waals surface area (Å²) >= 11 is 1.69. The summed E-state index contributed by atoms with van der Waals surface area (Å²) in [5.41, 5.74) is 1.21. The second-order valence-electron chi connectivity index (χ2n) is 3.93. The highest BCUT2D eigenvalue weighted by molar-refractivity contribution is 7.98. The molecule has 1 heterocycles. The smallest absolute Gasteiger partial charge is 0.157 e. The number of thioether (sulfide) groups is 1. The zero-order valence-electron chi connectivity index (χ0n) is 10.2. The van der Waals surface area contributed by atoms with Crippen LogP contribution in [-0.4, -0.2) is 38.3 Å². The van der Waals surface area contributed by atoms with Gasteiger partial charge in [0.05, 0.1) is 19.2 Å². The highest BCUT2D eigenvalue weighted by Crippen LogP contribution is 2.13. The Morgan fingerprint density at radius 3 is 3.06 bits per heavy atom. The quantitative estimate of drug-likeness (QED) is 0.392. The Morgan fingerprint density at radius 2 is 2.38 bits per heavy atom. The van der Waals surface area contributed by atoms with Crippen LogP contribution in [0.3, 0.4) is 0 Å². The van der Waals surface area contributed by atoms with Crippen LogP contribution in [0.2, 0.25) is 0 Å². The summed E-state index contributed by atoms with van der Waals surface area (Å²) in [6.07, 6.45) is 7.50. The van der Waals surface area contributed by atoms with Crippen molar-refractivity contribution < 1.29 is 14.2 Å². The van der Waals surface area contributed by atoms with E-state index in [1.54, 1.807) is 11.8 Å². The normalized spacial score (nSPS) is 22.4. The van der Waals surface area contributed by atoms with Crippen LogP contribution < -0.4 is 0 Å². The van der Waals surface area contributed by atoms with Crippen molar-refractivity contribution in [3.8, 4) is 0 Å². The van der Waals surface area contributed by atoms with Crippen LogP contribution >= 0.6 is 11.8 Å². The third-order valence-corrected chi connectivity index (χ3v) is 2.79. The lowest BCUT2D eigenvalue weighted by Gasteiger charge is -2.22. The van der Waals surface area contributed by atoms with Crippen LogP contribution in [0.25, 0.3) is 0 Å². The van der Waals surface area contributed by atoms with Gasteiger partial charge in [-0.3, -0.25) is 0 Å². The first kappa shape index (κ1) is 14.0. The minimum Gasteiger partial charge on any atom is -0.367 e. The predicted octanol–water partition coefficient (Wildman–Crippen LogP) is 2.81. The molecule has 0 aliphatic carbocycles. The molecule has 1 atom stereocenters. The molecule has 0 bridgehead atoms. The van der Waals surface area contributed by atoms with Crippen LogP contribution in [-0.2, 0) is 14.2 Å². The zero-order chi connectivity index (χ0) is 11.6. The van der Waals surface area contributed by atoms with E-state index in [9.17, 15) is 0 Å². The van der Waals surface area contributed by atoms with E-state index in [1.807, 2.05) is 6.26 Å². The maximum Gasteiger partial charge on any atom is 0.157 e. The van der Waals surface area contributed by atoms with E-state index in [4.69, 9.17) is 14.2 Å². The minimum atomic E-state index is 0.00455. The van der Waals surface area contributed by atoms with E-state index < -0.39 is 0 Å². The molecular formula is C12H22O3S.